The molecule has 4 N–H and O–H groups in total. The van der Waals surface area contributed by atoms with Crippen LogP contribution in [0.25, 0.3) is 0 Å². The number of hydrogen-bond donors (Lipinski definition) is 2. The van der Waals surface area contributed by atoms with Crippen LogP contribution >= 0.6 is 12.4 Å². The number of nitrogens with one attached hydrogen (secondary N) is 2. The Kier molecular flexibility index (Phi) is 4.17. The van der Waals surface area contributed by atoms with Gasteiger partial charge in [0.2, 0.25) is 0 Å². The number of aromatic nitrogens is 1. The fraction of sp³-hybridized carbons (Fsp3) is 0.444. The van der Waals surface area contributed by atoms with Crippen LogP contribution < -0.4 is 16.3 Å². The van der Waals surface area contributed by atoms with E-state index < -0.39 is 0 Å². The lowest BCUT2D eigenvalue weighted by atomic mass is 9.92. The van der Waals surface area contributed by atoms with Gasteiger partial charge in [-0.1, -0.05) is 20.8 Å². The zero-order valence-corrected chi connectivity index (χ0v) is 9.03. The van der Waals surface area contributed by atoms with Gasteiger partial charge < -0.3 is 5.43 Å². The van der Waals surface area contributed by atoms with Gasteiger partial charge in [0.25, 0.3) is 0 Å². The Bertz CT molecular complexity index is 251. The summed E-state index contributed by atoms with van der Waals surface area (Å²) in [6.45, 7) is 6.48. The van der Waals surface area contributed by atoms with Crippen molar-refractivity contribution in [1.82, 2.24) is 0 Å². The third-order valence-corrected chi connectivity index (χ3v) is 1.79. The Labute approximate surface area is 85.1 Å². The minimum atomic E-state index is 0. The fourth-order valence-corrected chi connectivity index (χ4v) is 0.981. The highest BCUT2D eigenvalue weighted by Gasteiger charge is 2.19. The van der Waals surface area contributed by atoms with Crippen LogP contribution in [0.5, 0.6) is 0 Å². The Balaban J connectivity index is 0.00000144. The second-order valence-corrected chi connectivity index (χ2v) is 3.89. The number of hydrogen-bond acceptors (Lipinski definition) is 2. The molecule has 0 radical (unpaired) electrons. The highest BCUT2D eigenvalue weighted by Crippen LogP contribution is 2.17. The number of pyridine rings is 1. The monoisotopic (exact) mass is 202 g/mol. The van der Waals surface area contributed by atoms with Crippen LogP contribution in [-0.2, 0) is 5.41 Å². The SMILES string of the molecule is CC(C)(C)c1ccc(NN)c[nH+]1.Cl. The molecule has 0 saturated carbocycles. The molecule has 0 fully saturated rings. The second-order valence-electron chi connectivity index (χ2n) is 3.89. The molecule has 1 heterocycles. The van der Waals surface area contributed by atoms with E-state index in [1.165, 1.54) is 5.69 Å². The van der Waals surface area contributed by atoms with Gasteiger partial charge in [0.05, 0.1) is 0 Å². The number of hydrazine groups is 1. The van der Waals surface area contributed by atoms with Gasteiger partial charge in [0, 0.05) is 11.5 Å². The Morgan fingerprint density at radius 2 is 1.92 bits per heavy atom. The van der Waals surface area contributed by atoms with Crippen LogP contribution in [0.2, 0.25) is 0 Å². The van der Waals surface area contributed by atoms with E-state index in [0.717, 1.165) is 5.69 Å². The molecule has 0 amide bonds. The van der Waals surface area contributed by atoms with Crippen LogP contribution in [0, 0.1) is 0 Å². The van der Waals surface area contributed by atoms with Crippen LogP contribution in [0.3, 0.4) is 0 Å². The lowest BCUT2D eigenvalue weighted by Gasteiger charge is -2.12. The first-order valence-electron chi connectivity index (χ1n) is 4.03. The summed E-state index contributed by atoms with van der Waals surface area (Å²) in [5.74, 6) is 5.24. The molecular weight excluding hydrogens is 186 g/mol. The summed E-state index contributed by atoms with van der Waals surface area (Å²) in [5, 5.41) is 0. The normalized spacial score (nSPS) is 10.5. The molecule has 1 aromatic heterocycles. The molecule has 0 unspecified atom stereocenters. The van der Waals surface area contributed by atoms with Crippen LogP contribution in [0.15, 0.2) is 18.3 Å². The van der Waals surface area contributed by atoms with E-state index in [0.29, 0.717) is 0 Å². The van der Waals surface area contributed by atoms with Crippen molar-refractivity contribution in [2.75, 3.05) is 5.43 Å². The maximum Gasteiger partial charge on any atom is 0.191 e. The van der Waals surface area contributed by atoms with E-state index >= 15 is 0 Å². The van der Waals surface area contributed by atoms with Crippen molar-refractivity contribution in [2.24, 2.45) is 5.84 Å². The number of nitrogen functional groups attached to an aromatic ring is 1. The summed E-state index contributed by atoms with van der Waals surface area (Å²) < 4.78 is 0. The quantitative estimate of drug-likeness (QED) is 0.536. The van der Waals surface area contributed by atoms with Gasteiger partial charge in [-0.05, 0) is 6.07 Å². The summed E-state index contributed by atoms with van der Waals surface area (Å²) >= 11 is 0. The molecule has 0 bridgehead atoms. The molecular formula is C9H17ClN3+. The molecule has 0 aliphatic rings. The third kappa shape index (κ3) is 3.20. The zero-order valence-electron chi connectivity index (χ0n) is 8.22. The van der Waals surface area contributed by atoms with Crippen molar-refractivity contribution in [3.8, 4) is 0 Å². The average Bonchev–Trinajstić information content (AvgIpc) is 2.03. The van der Waals surface area contributed by atoms with Crippen LogP contribution in [0.1, 0.15) is 26.5 Å². The smallest absolute Gasteiger partial charge is 0.191 e. The predicted octanol–water partition coefficient (Wildman–Crippen LogP) is 1.51. The molecule has 74 valence electrons. The van der Waals surface area contributed by atoms with Gasteiger partial charge in [-0.15, -0.1) is 12.4 Å². The van der Waals surface area contributed by atoms with E-state index in [4.69, 9.17) is 5.84 Å². The molecule has 13 heavy (non-hydrogen) atoms. The zero-order chi connectivity index (χ0) is 9.19. The van der Waals surface area contributed by atoms with Gasteiger partial charge >= 0.3 is 0 Å². The van der Waals surface area contributed by atoms with Crippen molar-refractivity contribution in [2.45, 2.75) is 26.2 Å². The van der Waals surface area contributed by atoms with Crippen LogP contribution in [-0.4, -0.2) is 0 Å². The number of aromatic amines is 1. The van der Waals surface area contributed by atoms with E-state index in [-0.39, 0.29) is 17.8 Å². The average molecular weight is 203 g/mol. The van der Waals surface area contributed by atoms with Gasteiger partial charge in [-0.2, -0.15) is 0 Å². The molecule has 0 aromatic carbocycles. The maximum atomic E-state index is 5.24. The van der Waals surface area contributed by atoms with Crippen molar-refractivity contribution in [3.05, 3.63) is 24.0 Å². The van der Waals surface area contributed by atoms with Crippen molar-refractivity contribution >= 4 is 18.1 Å². The lowest BCUT2D eigenvalue weighted by molar-refractivity contribution is -0.395. The minimum absolute atomic E-state index is 0. The topological polar surface area (TPSA) is 52.2 Å². The fourth-order valence-electron chi connectivity index (χ4n) is 0.981. The molecule has 4 heteroatoms. The van der Waals surface area contributed by atoms with Crippen molar-refractivity contribution < 1.29 is 4.98 Å². The molecule has 0 aliphatic heterocycles. The number of halogens is 1. The van der Waals surface area contributed by atoms with E-state index in [2.05, 4.69) is 31.2 Å². The van der Waals surface area contributed by atoms with Gasteiger partial charge in [0.15, 0.2) is 11.9 Å². The number of nitrogens with two attached hydrogens (primary N) is 1. The first-order valence-corrected chi connectivity index (χ1v) is 4.03. The summed E-state index contributed by atoms with van der Waals surface area (Å²) in [7, 11) is 0. The molecule has 0 atom stereocenters. The molecule has 0 spiro atoms. The Hall–Kier alpha value is -0.800. The van der Waals surface area contributed by atoms with Crippen LogP contribution in [0.4, 0.5) is 5.69 Å². The summed E-state index contributed by atoms with van der Waals surface area (Å²) in [5.41, 5.74) is 4.82. The third-order valence-electron chi connectivity index (χ3n) is 1.79. The van der Waals surface area contributed by atoms with Crippen molar-refractivity contribution in [1.29, 1.82) is 0 Å². The van der Waals surface area contributed by atoms with Gasteiger partial charge in [-0.25, -0.2) is 4.98 Å². The predicted molar refractivity (Wildman–Crippen MR) is 56.8 cm³/mol. The summed E-state index contributed by atoms with van der Waals surface area (Å²) in [6.07, 6.45) is 1.86. The van der Waals surface area contributed by atoms with E-state index in [1.807, 2.05) is 18.3 Å². The van der Waals surface area contributed by atoms with Gasteiger partial charge in [-0.3, -0.25) is 5.84 Å². The number of anilines is 1. The molecule has 1 rings (SSSR count). The van der Waals surface area contributed by atoms with E-state index in [9.17, 15) is 0 Å². The number of H-pyrrole nitrogens is 1. The summed E-state index contributed by atoms with van der Waals surface area (Å²) in [4.78, 5) is 3.19. The second kappa shape index (κ2) is 4.44. The van der Waals surface area contributed by atoms with Gasteiger partial charge in [0.1, 0.15) is 5.69 Å². The molecule has 0 aliphatic carbocycles. The molecule has 0 saturated heterocycles. The highest BCUT2D eigenvalue weighted by atomic mass is 35.5. The van der Waals surface area contributed by atoms with E-state index in [1.54, 1.807) is 0 Å². The maximum absolute atomic E-state index is 5.24. The molecule has 3 nitrogen and oxygen atoms in total. The Morgan fingerprint density at radius 3 is 2.23 bits per heavy atom. The highest BCUT2D eigenvalue weighted by molar-refractivity contribution is 5.85. The largest absolute Gasteiger partial charge is 0.319 e. The first kappa shape index (κ1) is 12.2. The molecule has 1 aromatic rings. The first-order chi connectivity index (χ1) is 5.54. The van der Waals surface area contributed by atoms with Crippen molar-refractivity contribution in [3.63, 3.8) is 0 Å². The lowest BCUT2D eigenvalue weighted by Crippen LogP contribution is -2.24. The Morgan fingerprint density at radius 1 is 1.31 bits per heavy atom. The standard InChI is InChI=1S/C9H15N3.ClH/c1-9(2,3)8-5-4-7(12-10)6-11-8;/h4-6,12H,10H2,1-3H3;1H/p+1. The minimum Gasteiger partial charge on any atom is -0.319 e. The number of rotatable bonds is 1. The summed E-state index contributed by atoms with van der Waals surface area (Å²) in [6, 6.07) is 3.99.